The van der Waals surface area contributed by atoms with Crippen molar-refractivity contribution in [2.45, 2.75) is 0 Å². The number of hydrazone groups is 1. The van der Waals surface area contributed by atoms with Gasteiger partial charge in [-0.05, 0) is 41.3 Å². The summed E-state index contributed by atoms with van der Waals surface area (Å²) in [6.07, 6.45) is 1.57. The highest BCUT2D eigenvalue weighted by atomic mass is 16.5. The van der Waals surface area contributed by atoms with E-state index >= 15 is 0 Å². The molecule has 2 amide bonds. The molecule has 24 heavy (non-hydrogen) atoms. The smallest absolute Gasteiger partial charge is 0.339 e. The largest absolute Gasteiger partial charge is 0.497 e. The summed E-state index contributed by atoms with van der Waals surface area (Å²) in [5.41, 5.74) is 4.06. The Bertz CT molecular complexity index is 868. The van der Waals surface area contributed by atoms with Gasteiger partial charge in [0.25, 0.3) is 0 Å². The number of urea groups is 1. The van der Waals surface area contributed by atoms with Gasteiger partial charge in [0.1, 0.15) is 5.75 Å². The predicted molar refractivity (Wildman–Crippen MR) is 96.7 cm³/mol. The zero-order valence-electron chi connectivity index (χ0n) is 13.2. The van der Waals surface area contributed by atoms with Gasteiger partial charge in [-0.15, -0.1) is 0 Å². The fourth-order valence-corrected chi connectivity index (χ4v) is 2.34. The van der Waals surface area contributed by atoms with Crippen LogP contribution in [0.25, 0.3) is 10.8 Å². The van der Waals surface area contributed by atoms with Gasteiger partial charge in [0.15, 0.2) is 0 Å². The Hall–Kier alpha value is -3.34. The molecule has 3 aromatic carbocycles. The van der Waals surface area contributed by atoms with Crippen molar-refractivity contribution in [3.8, 4) is 5.75 Å². The number of anilines is 1. The van der Waals surface area contributed by atoms with Crippen LogP contribution in [0.3, 0.4) is 0 Å². The van der Waals surface area contributed by atoms with Gasteiger partial charge in [0, 0.05) is 5.39 Å². The summed E-state index contributed by atoms with van der Waals surface area (Å²) in [5, 5.41) is 8.80. The van der Waals surface area contributed by atoms with Crippen LogP contribution in [0.1, 0.15) is 5.56 Å². The number of amides is 2. The van der Waals surface area contributed by atoms with Gasteiger partial charge in [-0.25, -0.2) is 10.2 Å². The van der Waals surface area contributed by atoms with E-state index in [1.54, 1.807) is 13.3 Å². The molecular weight excluding hydrogens is 302 g/mol. The van der Waals surface area contributed by atoms with Crippen LogP contribution in [0.5, 0.6) is 5.75 Å². The molecular formula is C19H17N3O2. The molecule has 0 aliphatic rings. The number of nitrogens with zero attached hydrogens (tertiary/aromatic N) is 1. The maximum atomic E-state index is 12.0. The third-order valence-electron chi connectivity index (χ3n) is 3.53. The molecule has 0 bridgehead atoms. The lowest BCUT2D eigenvalue weighted by Gasteiger charge is -2.07. The molecule has 0 spiro atoms. The van der Waals surface area contributed by atoms with Crippen LogP contribution >= 0.6 is 0 Å². The lowest BCUT2D eigenvalue weighted by molar-refractivity contribution is 0.252. The van der Waals surface area contributed by atoms with Crippen molar-refractivity contribution in [2.24, 2.45) is 5.10 Å². The second kappa shape index (κ2) is 7.28. The first-order valence-corrected chi connectivity index (χ1v) is 7.48. The summed E-state index contributed by atoms with van der Waals surface area (Å²) in [6.45, 7) is 0. The minimum atomic E-state index is -0.392. The van der Waals surface area contributed by atoms with Crippen LogP contribution in [0.15, 0.2) is 71.8 Å². The molecule has 3 aromatic rings. The highest BCUT2D eigenvalue weighted by Gasteiger charge is 2.03. The molecule has 5 nitrogen and oxygen atoms in total. The number of hydrogen-bond donors (Lipinski definition) is 2. The van der Waals surface area contributed by atoms with Gasteiger partial charge >= 0.3 is 6.03 Å². The number of carbonyl (C=O) groups excluding carboxylic acids is 1. The molecule has 0 heterocycles. The standard InChI is InChI=1S/C19H17N3O2/c1-24-16-11-9-14(10-12-16)13-20-22-19(23)21-18-8-4-6-15-5-2-3-7-17(15)18/h2-13H,1H3,(H2,21,22,23)/b20-13+. The van der Waals surface area contributed by atoms with E-state index in [0.717, 1.165) is 27.8 Å². The van der Waals surface area contributed by atoms with Gasteiger partial charge < -0.3 is 10.1 Å². The zero-order valence-corrected chi connectivity index (χ0v) is 13.2. The van der Waals surface area contributed by atoms with Crippen LogP contribution in [0, 0.1) is 0 Å². The number of nitrogens with one attached hydrogen (secondary N) is 2. The highest BCUT2D eigenvalue weighted by molar-refractivity contribution is 6.01. The van der Waals surface area contributed by atoms with E-state index in [4.69, 9.17) is 4.74 Å². The molecule has 0 aliphatic heterocycles. The predicted octanol–water partition coefficient (Wildman–Crippen LogP) is 4.00. The molecule has 0 radical (unpaired) electrons. The van der Waals surface area contributed by atoms with Crippen LogP contribution in [-0.2, 0) is 0 Å². The van der Waals surface area contributed by atoms with Crippen molar-refractivity contribution in [1.29, 1.82) is 0 Å². The number of methoxy groups -OCH3 is 1. The van der Waals surface area contributed by atoms with Crippen molar-refractivity contribution in [3.05, 3.63) is 72.3 Å². The second-order valence-corrected chi connectivity index (χ2v) is 5.12. The number of ether oxygens (including phenoxy) is 1. The molecule has 0 aliphatic carbocycles. The average molecular weight is 319 g/mol. The first kappa shape index (κ1) is 15.6. The Labute approximate surface area is 140 Å². The molecule has 0 saturated carbocycles. The summed E-state index contributed by atoms with van der Waals surface area (Å²) in [6, 6.07) is 20.6. The Morgan fingerprint density at radius 1 is 1.00 bits per heavy atom. The Balaban J connectivity index is 1.63. The molecule has 0 saturated heterocycles. The minimum absolute atomic E-state index is 0.392. The van der Waals surface area contributed by atoms with Gasteiger partial charge in [0.2, 0.25) is 0 Å². The fraction of sp³-hybridized carbons (Fsp3) is 0.0526. The van der Waals surface area contributed by atoms with Crippen LogP contribution in [-0.4, -0.2) is 19.4 Å². The average Bonchev–Trinajstić information content (AvgIpc) is 2.63. The number of rotatable bonds is 4. The highest BCUT2D eigenvalue weighted by Crippen LogP contribution is 2.22. The third-order valence-corrected chi connectivity index (χ3v) is 3.53. The van der Waals surface area contributed by atoms with Gasteiger partial charge in [-0.1, -0.05) is 36.4 Å². The summed E-state index contributed by atoms with van der Waals surface area (Å²) >= 11 is 0. The van der Waals surface area contributed by atoms with Crippen LogP contribution in [0.4, 0.5) is 10.5 Å². The van der Waals surface area contributed by atoms with E-state index in [-0.39, 0.29) is 0 Å². The normalized spacial score (nSPS) is 10.7. The quantitative estimate of drug-likeness (QED) is 0.564. The minimum Gasteiger partial charge on any atom is -0.497 e. The summed E-state index contributed by atoms with van der Waals surface area (Å²) < 4.78 is 5.09. The van der Waals surface area contributed by atoms with Crippen molar-refractivity contribution < 1.29 is 9.53 Å². The van der Waals surface area contributed by atoms with E-state index in [2.05, 4.69) is 15.8 Å². The Morgan fingerprint density at radius 2 is 1.75 bits per heavy atom. The summed E-state index contributed by atoms with van der Waals surface area (Å²) in [5.74, 6) is 0.772. The van der Waals surface area contributed by atoms with Crippen LogP contribution < -0.4 is 15.5 Å². The Kier molecular flexibility index (Phi) is 4.72. The molecule has 120 valence electrons. The maximum absolute atomic E-state index is 12.0. The SMILES string of the molecule is COc1ccc(/C=N/NC(=O)Nc2cccc3ccccc23)cc1. The molecule has 0 unspecified atom stereocenters. The number of benzene rings is 3. The monoisotopic (exact) mass is 319 g/mol. The lowest BCUT2D eigenvalue weighted by atomic mass is 10.1. The van der Waals surface area contributed by atoms with E-state index in [1.807, 2.05) is 66.7 Å². The van der Waals surface area contributed by atoms with Crippen molar-refractivity contribution in [1.82, 2.24) is 5.43 Å². The first-order valence-electron chi connectivity index (χ1n) is 7.48. The molecule has 3 rings (SSSR count). The van der Waals surface area contributed by atoms with Crippen molar-refractivity contribution in [2.75, 3.05) is 12.4 Å². The van der Waals surface area contributed by atoms with Crippen molar-refractivity contribution in [3.63, 3.8) is 0 Å². The zero-order chi connectivity index (χ0) is 16.8. The first-order chi connectivity index (χ1) is 11.8. The topological polar surface area (TPSA) is 62.7 Å². The molecule has 2 N–H and O–H groups in total. The number of fused-ring (bicyclic) bond motifs is 1. The summed E-state index contributed by atoms with van der Waals surface area (Å²) in [7, 11) is 1.61. The molecule has 0 fully saturated rings. The molecule has 0 aromatic heterocycles. The second-order valence-electron chi connectivity index (χ2n) is 5.12. The Morgan fingerprint density at radius 3 is 2.54 bits per heavy atom. The molecule has 5 heteroatoms. The lowest BCUT2D eigenvalue weighted by Crippen LogP contribution is -2.24. The van der Waals surface area contributed by atoms with E-state index in [0.29, 0.717) is 0 Å². The van der Waals surface area contributed by atoms with Crippen molar-refractivity contribution >= 4 is 28.7 Å². The van der Waals surface area contributed by atoms with E-state index < -0.39 is 6.03 Å². The van der Waals surface area contributed by atoms with Gasteiger partial charge in [-0.2, -0.15) is 5.10 Å². The fourth-order valence-electron chi connectivity index (χ4n) is 2.34. The van der Waals surface area contributed by atoms with Gasteiger partial charge in [-0.3, -0.25) is 0 Å². The van der Waals surface area contributed by atoms with Gasteiger partial charge in [0.05, 0.1) is 19.0 Å². The van der Waals surface area contributed by atoms with E-state index in [1.165, 1.54) is 0 Å². The maximum Gasteiger partial charge on any atom is 0.339 e. The number of hydrogen-bond acceptors (Lipinski definition) is 3. The molecule has 0 atom stereocenters. The van der Waals surface area contributed by atoms with E-state index in [9.17, 15) is 4.79 Å². The number of carbonyl (C=O) groups is 1. The summed E-state index contributed by atoms with van der Waals surface area (Å²) in [4.78, 5) is 12.0. The van der Waals surface area contributed by atoms with Crippen LogP contribution in [0.2, 0.25) is 0 Å². The third kappa shape index (κ3) is 3.70.